The Morgan fingerprint density at radius 2 is 1.80 bits per heavy atom. The molecule has 1 atom stereocenters. The van der Waals surface area contributed by atoms with E-state index < -0.39 is 18.7 Å². The molecule has 0 aliphatic carbocycles. The topological polar surface area (TPSA) is 59.6 Å². The summed E-state index contributed by atoms with van der Waals surface area (Å²) >= 11 is 0. The van der Waals surface area contributed by atoms with E-state index in [0.717, 1.165) is 0 Å². The number of methoxy groups -OCH3 is 1. The highest BCUT2D eigenvalue weighted by Gasteiger charge is 2.18. The summed E-state index contributed by atoms with van der Waals surface area (Å²) in [5.41, 5.74) is 1.08. The summed E-state index contributed by atoms with van der Waals surface area (Å²) in [6.45, 7) is -1.08. The monoisotopic (exact) mass is 350 g/mol. The summed E-state index contributed by atoms with van der Waals surface area (Å²) < 4.78 is 34.7. The molecule has 0 spiro atoms. The summed E-state index contributed by atoms with van der Waals surface area (Å²) in [5.74, 6) is 0.726. The third kappa shape index (κ3) is 5.34. The molecule has 0 heterocycles. The van der Waals surface area contributed by atoms with Crippen LogP contribution in [0.5, 0.6) is 11.5 Å². The average molecular weight is 350 g/mol. The van der Waals surface area contributed by atoms with E-state index in [4.69, 9.17) is 4.74 Å². The number of anilines is 1. The van der Waals surface area contributed by atoms with Gasteiger partial charge >= 0.3 is 12.6 Å². The highest BCUT2D eigenvalue weighted by molar-refractivity contribution is 5.89. The van der Waals surface area contributed by atoms with Crippen molar-refractivity contribution in [2.45, 2.75) is 26.0 Å². The Kier molecular flexibility index (Phi) is 6.56. The lowest BCUT2D eigenvalue weighted by molar-refractivity contribution is -0.0506. The molecule has 25 heavy (non-hydrogen) atoms. The third-order valence-electron chi connectivity index (χ3n) is 3.57. The lowest BCUT2D eigenvalue weighted by atomic mass is 10.0. The fraction of sp³-hybridized carbons (Fsp3) is 0.278. The number of carbonyl (C=O) groups excluding carboxylic acids is 1. The molecular weight excluding hydrogens is 330 g/mol. The van der Waals surface area contributed by atoms with Gasteiger partial charge in [-0.25, -0.2) is 4.79 Å². The second kappa shape index (κ2) is 8.86. The summed E-state index contributed by atoms with van der Waals surface area (Å²) in [5, 5.41) is 5.46. The molecule has 0 saturated carbocycles. The number of benzene rings is 2. The fourth-order valence-electron chi connectivity index (χ4n) is 2.37. The normalized spacial score (nSPS) is 11.7. The van der Waals surface area contributed by atoms with E-state index in [1.54, 1.807) is 49.6 Å². The van der Waals surface area contributed by atoms with Crippen LogP contribution in [0.15, 0.2) is 48.5 Å². The number of hydrogen-bond donors (Lipinski definition) is 2. The highest BCUT2D eigenvalue weighted by Crippen LogP contribution is 2.28. The molecule has 0 bridgehead atoms. The van der Waals surface area contributed by atoms with Crippen LogP contribution in [-0.4, -0.2) is 19.8 Å². The first-order valence-corrected chi connectivity index (χ1v) is 7.78. The van der Waals surface area contributed by atoms with E-state index in [0.29, 0.717) is 23.4 Å². The van der Waals surface area contributed by atoms with Gasteiger partial charge in [-0.2, -0.15) is 8.78 Å². The van der Waals surface area contributed by atoms with Gasteiger partial charge < -0.3 is 20.1 Å². The largest absolute Gasteiger partial charge is 0.497 e. The van der Waals surface area contributed by atoms with Crippen LogP contribution in [0.1, 0.15) is 24.9 Å². The van der Waals surface area contributed by atoms with Crippen LogP contribution in [0.3, 0.4) is 0 Å². The van der Waals surface area contributed by atoms with Crippen LogP contribution in [0.2, 0.25) is 0 Å². The van der Waals surface area contributed by atoms with Gasteiger partial charge in [0.05, 0.1) is 13.2 Å². The smallest absolute Gasteiger partial charge is 0.387 e. The van der Waals surface area contributed by atoms with Crippen molar-refractivity contribution < 1.29 is 23.0 Å². The minimum atomic E-state index is -2.92. The number of ether oxygens (including phenoxy) is 2. The predicted octanol–water partition coefficient (Wildman–Crippen LogP) is 4.57. The maximum atomic E-state index is 12.5. The SMILES string of the molecule is CCC(NC(=O)Nc1ccc(OC)cc1)c1ccccc1OC(F)F. The van der Waals surface area contributed by atoms with E-state index in [1.807, 2.05) is 6.92 Å². The lowest BCUT2D eigenvalue weighted by Gasteiger charge is -2.20. The second-order valence-electron chi connectivity index (χ2n) is 5.20. The number of halogens is 2. The molecule has 0 fully saturated rings. The first kappa shape index (κ1) is 18.5. The van der Waals surface area contributed by atoms with Crippen LogP contribution in [-0.2, 0) is 0 Å². The van der Waals surface area contributed by atoms with E-state index in [9.17, 15) is 13.6 Å². The number of hydrogen-bond acceptors (Lipinski definition) is 3. The molecule has 1 unspecified atom stereocenters. The molecule has 2 N–H and O–H groups in total. The van der Waals surface area contributed by atoms with Gasteiger partial charge in [0.15, 0.2) is 0 Å². The van der Waals surface area contributed by atoms with Gasteiger partial charge in [0.1, 0.15) is 11.5 Å². The molecule has 0 aliphatic heterocycles. The molecule has 2 aromatic carbocycles. The minimum Gasteiger partial charge on any atom is -0.497 e. The van der Waals surface area contributed by atoms with Crippen molar-refractivity contribution in [3.8, 4) is 11.5 Å². The maximum absolute atomic E-state index is 12.5. The summed E-state index contributed by atoms with van der Waals surface area (Å²) in [6.07, 6.45) is 0.514. The number of alkyl halides is 2. The predicted molar refractivity (Wildman–Crippen MR) is 91.3 cm³/mol. The van der Waals surface area contributed by atoms with Crippen LogP contribution in [0, 0.1) is 0 Å². The molecule has 0 saturated heterocycles. The standard InChI is InChI=1S/C18H20F2N2O3/c1-3-15(14-6-4-5-7-16(14)25-17(19)20)22-18(23)21-12-8-10-13(24-2)11-9-12/h4-11,15,17H,3H2,1-2H3,(H2,21,22,23). The molecular formula is C18H20F2N2O3. The van der Waals surface area contributed by atoms with Gasteiger partial charge in [0.25, 0.3) is 0 Å². The Morgan fingerprint density at radius 1 is 1.12 bits per heavy atom. The highest BCUT2D eigenvalue weighted by atomic mass is 19.3. The summed E-state index contributed by atoms with van der Waals surface area (Å²) in [4.78, 5) is 12.2. The van der Waals surface area contributed by atoms with Gasteiger partial charge in [-0.1, -0.05) is 25.1 Å². The fourth-order valence-corrected chi connectivity index (χ4v) is 2.37. The molecule has 2 aromatic rings. The van der Waals surface area contributed by atoms with E-state index in [-0.39, 0.29) is 5.75 Å². The molecule has 2 amide bonds. The van der Waals surface area contributed by atoms with Crippen LogP contribution < -0.4 is 20.1 Å². The van der Waals surface area contributed by atoms with Gasteiger partial charge in [-0.3, -0.25) is 0 Å². The number of amides is 2. The number of urea groups is 1. The maximum Gasteiger partial charge on any atom is 0.387 e. The quantitative estimate of drug-likeness (QED) is 0.769. The number of carbonyl (C=O) groups is 1. The summed E-state index contributed by atoms with van der Waals surface area (Å²) in [7, 11) is 1.56. The molecule has 134 valence electrons. The Labute approximate surface area is 144 Å². The van der Waals surface area contributed by atoms with E-state index in [2.05, 4.69) is 15.4 Å². The molecule has 7 heteroatoms. The van der Waals surface area contributed by atoms with Crippen molar-refractivity contribution in [2.24, 2.45) is 0 Å². The van der Waals surface area contributed by atoms with Crippen molar-refractivity contribution >= 4 is 11.7 Å². The van der Waals surface area contributed by atoms with E-state index in [1.165, 1.54) is 6.07 Å². The van der Waals surface area contributed by atoms with Crippen molar-refractivity contribution in [1.82, 2.24) is 5.32 Å². The first-order chi connectivity index (χ1) is 12.0. The Balaban J connectivity index is 2.07. The van der Waals surface area contributed by atoms with Gasteiger partial charge in [0, 0.05) is 11.3 Å². The molecule has 0 aromatic heterocycles. The van der Waals surface area contributed by atoms with Gasteiger partial charge in [-0.15, -0.1) is 0 Å². The third-order valence-corrected chi connectivity index (χ3v) is 3.57. The van der Waals surface area contributed by atoms with Gasteiger partial charge in [-0.05, 0) is 36.8 Å². The zero-order valence-electron chi connectivity index (χ0n) is 14.0. The van der Waals surface area contributed by atoms with Crippen molar-refractivity contribution in [3.05, 3.63) is 54.1 Å². The number of nitrogens with one attached hydrogen (secondary N) is 2. The lowest BCUT2D eigenvalue weighted by Crippen LogP contribution is -2.32. The Bertz CT molecular complexity index is 693. The molecule has 2 rings (SSSR count). The van der Waals surface area contributed by atoms with Crippen LogP contribution in [0.25, 0.3) is 0 Å². The zero-order valence-corrected chi connectivity index (χ0v) is 14.0. The average Bonchev–Trinajstić information content (AvgIpc) is 2.60. The number of rotatable bonds is 7. The van der Waals surface area contributed by atoms with E-state index >= 15 is 0 Å². The minimum absolute atomic E-state index is 0.0501. The molecule has 0 radical (unpaired) electrons. The second-order valence-corrected chi connectivity index (χ2v) is 5.20. The molecule has 0 aliphatic rings. The van der Waals surface area contributed by atoms with Crippen molar-refractivity contribution in [2.75, 3.05) is 12.4 Å². The Morgan fingerprint density at radius 3 is 2.40 bits per heavy atom. The van der Waals surface area contributed by atoms with Crippen LogP contribution >= 0.6 is 0 Å². The first-order valence-electron chi connectivity index (χ1n) is 7.78. The molecule has 5 nitrogen and oxygen atoms in total. The number of para-hydroxylation sites is 1. The summed E-state index contributed by atoms with van der Waals surface area (Å²) in [6, 6.07) is 12.4. The van der Waals surface area contributed by atoms with Crippen LogP contribution in [0.4, 0.5) is 19.3 Å². The van der Waals surface area contributed by atoms with Gasteiger partial charge in [0.2, 0.25) is 0 Å². The van der Waals surface area contributed by atoms with Crippen molar-refractivity contribution in [3.63, 3.8) is 0 Å². The zero-order chi connectivity index (χ0) is 18.2. The Hall–Kier alpha value is -2.83. The van der Waals surface area contributed by atoms with Crippen molar-refractivity contribution in [1.29, 1.82) is 0 Å².